The predicted octanol–water partition coefficient (Wildman–Crippen LogP) is 3.49. The Morgan fingerprint density at radius 1 is 1.03 bits per heavy atom. The van der Waals surface area contributed by atoms with Crippen LogP contribution in [0.5, 0.6) is 0 Å². The van der Waals surface area contributed by atoms with Gasteiger partial charge in [0.25, 0.3) is 0 Å². The van der Waals surface area contributed by atoms with Crippen LogP contribution in [0.25, 0.3) is 0 Å². The third-order valence-electron chi connectivity index (χ3n) is 6.58. The van der Waals surface area contributed by atoms with Crippen LogP contribution in [0, 0.1) is 17.8 Å². The summed E-state index contributed by atoms with van der Waals surface area (Å²) < 4.78 is 0. The summed E-state index contributed by atoms with van der Waals surface area (Å²) in [6, 6.07) is 8.74. The van der Waals surface area contributed by atoms with Crippen LogP contribution < -0.4 is 10.2 Å². The Balaban J connectivity index is 1.21. The van der Waals surface area contributed by atoms with E-state index in [1.807, 2.05) is 0 Å². The average molecular weight is 422 g/mol. The summed E-state index contributed by atoms with van der Waals surface area (Å²) in [6.45, 7) is 10.4. The fourth-order valence-electron chi connectivity index (χ4n) is 5.10. The molecule has 2 fully saturated rings. The third-order valence-corrected chi connectivity index (χ3v) is 6.58. The molecule has 166 valence electrons. The average Bonchev–Trinajstić information content (AvgIpc) is 2.78. The van der Waals surface area contributed by atoms with Crippen LogP contribution in [0.4, 0.5) is 5.82 Å². The lowest BCUT2D eigenvalue weighted by Gasteiger charge is -2.35. The van der Waals surface area contributed by atoms with Gasteiger partial charge in [0.2, 0.25) is 5.91 Å². The Morgan fingerprint density at radius 3 is 2.35 bits per heavy atom. The van der Waals surface area contributed by atoms with Crippen molar-refractivity contribution in [2.75, 3.05) is 31.1 Å². The molecule has 2 aromatic rings. The number of hydrogen-bond donors (Lipinski definition) is 1. The van der Waals surface area contributed by atoms with Crippen LogP contribution in [-0.4, -0.2) is 47.0 Å². The number of carbonyl (C=O) groups excluding carboxylic acids is 1. The predicted molar refractivity (Wildman–Crippen MR) is 123 cm³/mol. The van der Waals surface area contributed by atoms with Gasteiger partial charge in [0.1, 0.15) is 5.82 Å². The number of hydrogen-bond acceptors (Lipinski definition) is 5. The molecule has 2 aliphatic heterocycles. The van der Waals surface area contributed by atoms with E-state index < -0.39 is 0 Å². The number of aromatic nitrogens is 2. The van der Waals surface area contributed by atoms with Crippen molar-refractivity contribution in [3.63, 3.8) is 0 Å². The summed E-state index contributed by atoms with van der Waals surface area (Å²) >= 11 is 0. The van der Waals surface area contributed by atoms with Crippen molar-refractivity contribution >= 4 is 11.7 Å². The minimum Gasteiger partial charge on any atom is -0.355 e. The number of nitrogens with one attached hydrogen (secondary N) is 1. The van der Waals surface area contributed by atoms with Crippen molar-refractivity contribution in [1.29, 1.82) is 0 Å². The van der Waals surface area contributed by atoms with Gasteiger partial charge in [-0.2, -0.15) is 0 Å². The van der Waals surface area contributed by atoms with E-state index in [1.54, 1.807) is 18.6 Å². The standard InChI is InChI=1S/C25H35N5O/c1-19-13-20(2)17-29(16-19)18-22-5-3-21(4-6-22)14-28-25(31)23-7-11-30(12-8-23)24-15-26-9-10-27-24/h3-6,9-10,15,19-20,23H,7-8,11-14,16-18H2,1-2H3,(H,28,31). The zero-order valence-corrected chi connectivity index (χ0v) is 18.8. The van der Waals surface area contributed by atoms with Crippen LogP contribution in [0.1, 0.15) is 44.2 Å². The monoisotopic (exact) mass is 421 g/mol. The van der Waals surface area contributed by atoms with Crippen molar-refractivity contribution in [3.8, 4) is 0 Å². The molecule has 0 bridgehead atoms. The zero-order chi connectivity index (χ0) is 21.6. The van der Waals surface area contributed by atoms with Gasteiger partial charge in [0, 0.05) is 57.6 Å². The van der Waals surface area contributed by atoms with Crippen molar-refractivity contribution in [1.82, 2.24) is 20.2 Å². The molecule has 4 rings (SSSR count). The maximum absolute atomic E-state index is 12.6. The Bertz CT molecular complexity index is 823. The van der Waals surface area contributed by atoms with Gasteiger partial charge >= 0.3 is 0 Å². The fraction of sp³-hybridized carbons (Fsp3) is 0.560. The smallest absolute Gasteiger partial charge is 0.223 e. The van der Waals surface area contributed by atoms with Crippen LogP contribution in [0.15, 0.2) is 42.9 Å². The van der Waals surface area contributed by atoms with Crippen molar-refractivity contribution in [3.05, 3.63) is 54.0 Å². The topological polar surface area (TPSA) is 61.4 Å². The molecule has 2 atom stereocenters. The second-order valence-corrected chi connectivity index (χ2v) is 9.50. The van der Waals surface area contributed by atoms with Gasteiger partial charge < -0.3 is 10.2 Å². The summed E-state index contributed by atoms with van der Waals surface area (Å²) in [6.07, 6.45) is 8.24. The summed E-state index contributed by atoms with van der Waals surface area (Å²) in [5, 5.41) is 3.14. The highest BCUT2D eigenvalue weighted by atomic mass is 16.1. The SMILES string of the molecule is CC1CC(C)CN(Cc2ccc(CNC(=O)C3CCN(c4cnccn4)CC3)cc2)C1. The zero-order valence-electron chi connectivity index (χ0n) is 18.8. The molecule has 0 saturated carbocycles. The lowest BCUT2D eigenvalue weighted by atomic mass is 9.91. The van der Waals surface area contributed by atoms with Crippen LogP contribution >= 0.6 is 0 Å². The first-order valence-corrected chi connectivity index (χ1v) is 11.7. The van der Waals surface area contributed by atoms with Gasteiger partial charge in [-0.25, -0.2) is 4.98 Å². The van der Waals surface area contributed by atoms with E-state index in [2.05, 4.69) is 63.2 Å². The molecule has 0 radical (unpaired) electrons. The molecule has 1 aromatic heterocycles. The highest BCUT2D eigenvalue weighted by Crippen LogP contribution is 2.23. The molecular weight excluding hydrogens is 386 g/mol. The molecular formula is C25H35N5O. The highest BCUT2D eigenvalue weighted by Gasteiger charge is 2.25. The van der Waals surface area contributed by atoms with E-state index in [1.165, 1.54) is 25.1 Å². The molecule has 1 aromatic carbocycles. The largest absolute Gasteiger partial charge is 0.355 e. The second kappa shape index (κ2) is 10.2. The van der Waals surface area contributed by atoms with Crippen molar-refractivity contribution < 1.29 is 4.79 Å². The number of carbonyl (C=O) groups is 1. The van der Waals surface area contributed by atoms with E-state index in [4.69, 9.17) is 0 Å². The minimum absolute atomic E-state index is 0.0790. The van der Waals surface area contributed by atoms with Crippen LogP contribution in [-0.2, 0) is 17.9 Å². The van der Waals surface area contributed by atoms with Gasteiger partial charge in [-0.15, -0.1) is 0 Å². The number of nitrogens with zero attached hydrogens (tertiary/aromatic N) is 4. The van der Waals surface area contributed by atoms with Gasteiger partial charge in [0.15, 0.2) is 0 Å². The first-order valence-electron chi connectivity index (χ1n) is 11.7. The number of likely N-dealkylation sites (tertiary alicyclic amines) is 1. The highest BCUT2D eigenvalue weighted by molar-refractivity contribution is 5.79. The van der Waals surface area contributed by atoms with E-state index in [0.717, 1.165) is 55.7 Å². The number of benzene rings is 1. The number of rotatable bonds is 6. The molecule has 2 aliphatic rings. The normalized spacial score (nSPS) is 23.0. The maximum Gasteiger partial charge on any atom is 0.223 e. The third kappa shape index (κ3) is 6.03. The van der Waals surface area contributed by atoms with Gasteiger partial charge in [-0.1, -0.05) is 38.1 Å². The number of anilines is 1. The fourth-order valence-corrected chi connectivity index (χ4v) is 5.10. The van der Waals surface area contributed by atoms with E-state index in [9.17, 15) is 4.79 Å². The first-order chi connectivity index (χ1) is 15.1. The molecule has 1 amide bonds. The Hall–Kier alpha value is -2.47. The quantitative estimate of drug-likeness (QED) is 0.774. The van der Waals surface area contributed by atoms with Crippen LogP contribution in [0.2, 0.25) is 0 Å². The number of piperidine rings is 2. The first kappa shape index (κ1) is 21.8. The lowest BCUT2D eigenvalue weighted by molar-refractivity contribution is -0.125. The van der Waals surface area contributed by atoms with E-state index >= 15 is 0 Å². The van der Waals surface area contributed by atoms with Crippen LogP contribution in [0.3, 0.4) is 0 Å². The molecule has 6 heteroatoms. The maximum atomic E-state index is 12.6. The van der Waals surface area contributed by atoms with Gasteiger partial charge in [0.05, 0.1) is 6.20 Å². The molecule has 6 nitrogen and oxygen atoms in total. The van der Waals surface area contributed by atoms with E-state index in [0.29, 0.717) is 6.54 Å². The van der Waals surface area contributed by atoms with Gasteiger partial charge in [-0.3, -0.25) is 14.7 Å². The second-order valence-electron chi connectivity index (χ2n) is 9.50. The summed E-state index contributed by atoms with van der Waals surface area (Å²) in [4.78, 5) is 25.9. The molecule has 0 spiro atoms. The lowest BCUT2D eigenvalue weighted by Crippen LogP contribution is -2.40. The molecule has 1 N–H and O–H groups in total. The van der Waals surface area contributed by atoms with E-state index in [-0.39, 0.29) is 11.8 Å². The Kier molecular flexibility index (Phi) is 7.17. The minimum atomic E-state index is 0.0790. The summed E-state index contributed by atoms with van der Waals surface area (Å²) in [5.74, 6) is 2.71. The van der Waals surface area contributed by atoms with Crippen molar-refractivity contribution in [2.24, 2.45) is 17.8 Å². The molecule has 3 heterocycles. The summed E-state index contributed by atoms with van der Waals surface area (Å²) in [5.41, 5.74) is 2.52. The Labute approximate surface area is 186 Å². The van der Waals surface area contributed by atoms with Crippen molar-refractivity contribution in [2.45, 2.75) is 46.2 Å². The van der Waals surface area contributed by atoms with Gasteiger partial charge in [-0.05, 0) is 42.2 Å². The number of amides is 1. The molecule has 0 aliphatic carbocycles. The summed E-state index contributed by atoms with van der Waals surface area (Å²) in [7, 11) is 0. The molecule has 2 saturated heterocycles. The Morgan fingerprint density at radius 2 is 1.71 bits per heavy atom. The molecule has 2 unspecified atom stereocenters. The molecule has 31 heavy (non-hydrogen) atoms.